The van der Waals surface area contributed by atoms with E-state index in [2.05, 4.69) is 0 Å². The molecule has 0 atom stereocenters. The second-order valence-corrected chi connectivity index (χ2v) is 4.00. The first-order valence-electron chi connectivity index (χ1n) is 6.10. The molecule has 102 valence electrons. The molecule has 0 amide bonds. The van der Waals surface area contributed by atoms with Crippen molar-refractivity contribution in [2.75, 3.05) is 13.2 Å². The fourth-order valence-electron chi connectivity index (χ4n) is 1.25. The van der Waals surface area contributed by atoms with Gasteiger partial charge >= 0.3 is 11.9 Å². The molecule has 0 aromatic rings. The number of hydrogen-bond acceptors (Lipinski definition) is 4. The van der Waals surface area contributed by atoms with Gasteiger partial charge in [0, 0.05) is 12.5 Å². The van der Waals surface area contributed by atoms with E-state index in [4.69, 9.17) is 9.47 Å². The Labute approximate surface area is 109 Å². The van der Waals surface area contributed by atoms with Crippen molar-refractivity contribution >= 4 is 11.9 Å². The quantitative estimate of drug-likeness (QED) is 0.398. The van der Waals surface area contributed by atoms with E-state index in [1.165, 1.54) is 6.92 Å². The van der Waals surface area contributed by atoms with Gasteiger partial charge in [-0.3, -0.25) is 4.79 Å². The Morgan fingerprint density at radius 3 is 2.28 bits per heavy atom. The van der Waals surface area contributed by atoms with Gasteiger partial charge in [-0.2, -0.15) is 0 Å². The number of carbonyl (C=O) groups excluding carboxylic acids is 2. The normalized spacial score (nSPS) is 12.2. The minimum Gasteiger partial charge on any atom is -0.463 e. The standard InChI is InChI=1S/C14H22O4/c1-5-17-14(16)12(3)8-6-7-11(2)9-10-18-13(4)15/h8-9H,5-7,10H2,1-4H3/b11-9+,12-8+. The third-order valence-electron chi connectivity index (χ3n) is 2.30. The first kappa shape index (κ1) is 16.4. The van der Waals surface area contributed by atoms with Crippen molar-refractivity contribution in [3.05, 3.63) is 23.3 Å². The monoisotopic (exact) mass is 254 g/mol. The third kappa shape index (κ3) is 8.56. The summed E-state index contributed by atoms with van der Waals surface area (Å²) in [5.74, 6) is -0.545. The Bertz CT molecular complexity index is 340. The zero-order valence-corrected chi connectivity index (χ0v) is 11.6. The van der Waals surface area contributed by atoms with Gasteiger partial charge in [-0.1, -0.05) is 11.6 Å². The number of ether oxygens (including phenoxy) is 2. The molecular weight excluding hydrogens is 232 g/mol. The minimum absolute atomic E-state index is 0.265. The van der Waals surface area contributed by atoms with E-state index in [1.54, 1.807) is 13.8 Å². The van der Waals surface area contributed by atoms with Crippen molar-refractivity contribution < 1.29 is 19.1 Å². The Kier molecular flexibility index (Phi) is 8.62. The molecule has 0 saturated heterocycles. The smallest absolute Gasteiger partial charge is 0.333 e. The minimum atomic E-state index is -0.280. The summed E-state index contributed by atoms with van der Waals surface area (Å²) in [6.07, 6.45) is 5.33. The number of allylic oxidation sites excluding steroid dienone is 2. The van der Waals surface area contributed by atoms with E-state index < -0.39 is 0 Å². The summed E-state index contributed by atoms with van der Waals surface area (Å²) in [7, 11) is 0. The Balaban J connectivity index is 3.98. The predicted octanol–water partition coefficient (Wildman–Crippen LogP) is 2.79. The van der Waals surface area contributed by atoms with Gasteiger partial charge in [0.25, 0.3) is 0 Å². The molecule has 0 spiro atoms. The molecule has 0 aromatic heterocycles. The average Bonchev–Trinajstić information content (AvgIpc) is 2.28. The van der Waals surface area contributed by atoms with Crippen molar-refractivity contribution in [2.24, 2.45) is 0 Å². The molecule has 0 bridgehead atoms. The van der Waals surface area contributed by atoms with Crippen LogP contribution in [0.25, 0.3) is 0 Å². The van der Waals surface area contributed by atoms with Gasteiger partial charge in [-0.25, -0.2) is 4.79 Å². The van der Waals surface area contributed by atoms with Crippen LogP contribution in [-0.4, -0.2) is 25.2 Å². The fourth-order valence-corrected chi connectivity index (χ4v) is 1.25. The molecule has 0 radical (unpaired) electrons. The van der Waals surface area contributed by atoms with E-state index in [9.17, 15) is 9.59 Å². The van der Waals surface area contributed by atoms with Crippen LogP contribution in [0.2, 0.25) is 0 Å². The number of esters is 2. The lowest BCUT2D eigenvalue weighted by atomic mass is 10.1. The second-order valence-electron chi connectivity index (χ2n) is 4.00. The predicted molar refractivity (Wildman–Crippen MR) is 70.0 cm³/mol. The fraction of sp³-hybridized carbons (Fsp3) is 0.571. The molecule has 0 rings (SSSR count). The lowest BCUT2D eigenvalue weighted by Gasteiger charge is -2.02. The van der Waals surface area contributed by atoms with Gasteiger partial charge in [0.2, 0.25) is 0 Å². The van der Waals surface area contributed by atoms with Crippen molar-refractivity contribution in [3.8, 4) is 0 Å². The zero-order valence-electron chi connectivity index (χ0n) is 11.6. The molecule has 4 nitrogen and oxygen atoms in total. The van der Waals surface area contributed by atoms with E-state index in [1.807, 2.05) is 19.1 Å². The molecule has 0 heterocycles. The average molecular weight is 254 g/mol. The summed E-state index contributed by atoms with van der Waals surface area (Å²) >= 11 is 0. The maximum Gasteiger partial charge on any atom is 0.333 e. The molecule has 0 N–H and O–H groups in total. The molecule has 0 aliphatic heterocycles. The van der Waals surface area contributed by atoms with Crippen LogP contribution in [0, 0.1) is 0 Å². The summed E-state index contributed by atoms with van der Waals surface area (Å²) in [6.45, 7) is 7.59. The Morgan fingerprint density at radius 2 is 1.72 bits per heavy atom. The molecule has 0 aromatic carbocycles. The van der Waals surface area contributed by atoms with Crippen LogP contribution in [0.1, 0.15) is 40.5 Å². The molecule has 0 aliphatic carbocycles. The molecule has 18 heavy (non-hydrogen) atoms. The molecule has 0 saturated carbocycles. The highest BCUT2D eigenvalue weighted by Crippen LogP contribution is 2.07. The lowest BCUT2D eigenvalue weighted by molar-refractivity contribution is -0.140. The second kappa shape index (κ2) is 9.45. The van der Waals surface area contributed by atoms with Crippen LogP contribution in [0.3, 0.4) is 0 Å². The number of carbonyl (C=O) groups is 2. The summed E-state index contributed by atoms with van der Waals surface area (Å²) < 4.78 is 9.68. The van der Waals surface area contributed by atoms with Crippen molar-refractivity contribution in [1.29, 1.82) is 0 Å². The number of rotatable bonds is 7. The van der Waals surface area contributed by atoms with Gasteiger partial charge in [-0.05, 0) is 39.7 Å². The highest BCUT2D eigenvalue weighted by atomic mass is 16.5. The van der Waals surface area contributed by atoms with Gasteiger partial charge in [-0.15, -0.1) is 0 Å². The Hall–Kier alpha value is -1.58. The molecular formula is C14H22O4. The third-order valence-corrected chi connectivity index (χ3v) is 2.30. The van der Waals surface area contributed by atoms with E-state index >= 15 is 0 Å². The van der Waals surface area contributed by atoms with Crippen LogP contribution in [-0.2, 0) is 19.1 Å². The van der Waals surface area contributed by atoms with Gasteiger partial charge in [0.1, 0.15) is 6.61 Å². The topological polar surface area (TPSA) is 52.6 Å². The van der Waals surface area contributed by atoms with E-state index in [0.29, 0.717) is 18.8 Å². The summed E-state index contributed by atoms with van der Waals surface area (Å²) in [4.78, 5) is 21.9. The van der Waals surface area contributed by atoms with Gasteiger partial charge in [0.05, 0.1) is 6.61 Å². The van der Waals surface area contributed by atoms with Gasteiger partial charge < -0.3 is 9.47 Å². The molecule has 0 aliphatic rings. The lowest BCUT2D eigenvalue weighted by Crippen LogP contribution is -2.04. The van der Waals surface area contributed by atoms with Crippen LogP contribution in [0.4, 0.5) is 0 Å². The molecule has 4 heteroatoms. The summed E-state index contributed by atoms with van der Waals surface area (Å²) in [6, 6.07) is 0. The maximum atomic E-state index is 11.3. The van der Waals surface area contributed by atoms with Crippen LogP contribution >= 0.6 is 0 Å². The summed E-state index contributed by atoms with van der Waals surface area (Å²) in [5.41, 5.74) is 1.76. The zero-order chi connectivity index (χ0) is 14.0. The molecule has 0 fully saturated rings. The van der Waals surface area contributed by atoms with Gasteiger partial charge in [0.15, 0.2) is 0 Å². The van der Waals surface area contributed by atoms with E-state index in [0.717, 1.165) is 18.4 Å². The highest BCUT2D eigenvalue weighted by molar-refractivity contribution is 5.87. The van der Waals surface area contributed by atoms with E-state index in [-0.39, 0.29) is 11.9 Å². The van der Waals surface area contributed by atoms with Crippen LogP contribution in [0.5, 0.6) is 0 Å². The van der Waals surface area contributed by atoms with Crippen molar-refractivity contribution in [3.63, 3.8) is 0 Å². The first-order valence-corrected chi connectivity index (χ1v) is 6.10. The Morgan fingerprint density at radius 1 is 1.06 bits per heavy atom. The summed E-state index contributed by atoms with van der Waals surface area (Å²) in [5, 5.41) is 0. The maximum absolute atomic E-state index is 11.3. The van der Waals surface area contributed by atoms with Crippen molar-refractivity contribution in [1.82, 2.24) is 0 Å². The van der Waals surface area contributed by atoms with Crippen LogP contribution in [0.15, 0.2) is 23.3 Å². The largest absolute Gasteiger partial charge is 0.463 e. The SMILES string of the molecule is CCOC(=O)/C(C)=C/CC/C(C)=C/COC(C)=O. The van der Waals surface area contributed by atoms with Crippen LogP contribution < -0.4 is 0 Å². The first-order chi connectivity index (χ1) is 8.47. The van der Waals surface area contributed by atoms with Crippen molar-refractivity contribution in [2.45, 2.75) is 40.5 Å². The molecule has 0 unspecified atom stereocenters. The number of hydrogen-bond donors (Lipinski definition) is 0. The highest BCUT2D eigenvalue weighted by Gasteiger charge is 2.03.